The average Bonchev–Trinajstić information content (AvgIpc) is 2.54. The highest BCUT2D eigenvalue weighted by molar-refractivity contribution is 9.11. The quantitative estimate of drug-likeness (QED) is 0.778. The van der Waals surface area contributed by atoms with E-state index < -0.39 is 0 Å². The monoisotopic (exact) mass is 259 g/mol. The molecule has 0 amide bonds. The van der Waals surface area contributed by atoms with E-state index >= 15 is 0 Å². The van der Waals surface area contributed by atoms with Crippen molar-refractivity contribution in [1.82, 2.24) is 10.2 Å². The topological polar surface area (TPSA) is 41.3 Å². The lowest BCUT2D eigenvalue weighted by Crippen LogP contribution is -2.43. The zero-order valence-electron chi connectivity index (χ0n) is 8.54. The summed E-state index contributed by atoms with van der Waals surface area (Å²) in [7, 11) is 0. The standard InChI is InChI=1S/C10H18BrN3/c1-2-14-9-5-7(11)3-4-8(9)13-10(14)6-12/h3,8-10,13H,2,4-6,12H2,1H3. The molecule has 1 heterocycles. The number of hydrogen-bond acceptors (Lipinski definition) is 3. The van der Waals surface area contributed by atoms with E-state index in [1.54, 1.807) is 0 Å². The molecule has 1 saturated heterocycles. The molecule has 4 heteroatoms. The van der Waals surface area contributed by atoms with E-state index in [0.29, 0.717) is 24.8 Å². The summed E-state index contributed by atoms with van der Waals surface area (Å²) in [5, 5.41) is 3.60. The van der Waals surface area contributed by atoms with E-state index in [-0.39, 0.29) is 0 Å². The Balaban J connectivity index is 2.11. The van der Waals surface area contributed by atoms with Crippen LogP contribution in [0.3, 0.4) is 0 Å². The molecule has 3 atom stereocenters. The highest BCUT2D eigenvalue weighted by Gasteiger charge is 2.39. The smallest absolute Gasteiger partial charge is 0.0729 e. The number of nitrogens with one attached hydrogen (secondary N) is 1. The minimum absolute atomic E-state index is 0.377. The molecule has 3 N–H and O–H groups in total. The Labute approximate surface area is 93.8 Å². The van der Waals surface area contributed by atoms with Crippen molar-refractivity contribution in [2.24, 2.45) is 5.73 Å². The molecule has 1 aliphatic carbocycles. The second-order valence-electron chi connectivity index (χ2n) is 4.01. The number of fused-ring (bicyclic) bond motifs is 1. The van der Waals surface area contributed by atoms with Crippen molar-refractivity contribution < 1.29 is 0 Å². The van der Waals surface area contributed by atoms with Gasteiger partial charge in [0.2, 0.25) is 0 Å². The highest BCUT2D eigenvalue weighted by atomic mass is 79.9. The van der Waals surface area contributed by atoms with Crippen molar-refractivity contribution >= 4 is 15.9 Å². The van der Waals surface area contributed by atoms with E-state index in [4.69, 9.17) is 5.73 Å². The van der Waals surface area contributed by atoms with Gasteiger partial charge in [-0.05, 0) is 23.9 Å². The van der Waals surface area contributed by atoms with Gasteiger partial charge in [0.25, 0.3) is 0 Å². The normalized spacial score (nSPS) is 38.2. The molecule has 1 fully saturated rings. The number of nitrogens with two attached hydrogens (primary N) is 1. The number of hydrogen-bond donors (Lipinski definition) is 2. The molecule has 0 bridgehead atoms. The minimum Gasteiger partial charge on any atom is -0.328 e. The predicted octanol–water partition coefficient (Wildman–Crippen LogP) is 1.01. The maximum absolute atomic E-state index is 5.76. The number of nitrogens with zero attached hydrogens (tertiary/aromatic N) is 1. The summed E-state index contributed by atoms with van der Waals surface area (Å²) in [5.41, 5.74) is 5.76. The van der Waals surface area contributed by atoms with Gasteiger partial charge < -0.3 is 5.73 Å². The van der Waals surface area contributed by atoms with Crippen molar-refractivity contribution in [1.29, 1.82) is 0 Å². The maximum atomic E-state index is 5.76. The molecule has 0 aromatic carbocycles. The van der Waals surface area contributed by atoms with Gasteiger partial charge in [0.1, 0.15) is 0 Å². The Morgan fingerprint density at radius 2 is 2.50 bits per heavy atom. The molecule has 3 nitrogen and oxygen atoms in total. The first-order valence-electron chi connectivity index (χ1n) is 5.32. The largest absolute Gasteiger partial charge is 0.328 e. The van der Waals surface area contributed by atoms with Crippen molar-refractivity contribution in [3.8, 4) is 0 Å². The third kappa shape index (κ3) is 1.76. The lowest BCUT2D eigenvalue weighted by molar-refractivity contribution is 0.196. The third-order valence-corrected chi connectivity index (χ3v) is 3.93. The van der Waals surface area contributed by atoms with E-state index in [0.717, 1.165) is 19.4 Å². The minimum atomic E-state index is 0.377. The maximum Gasteiger partial charge on any atom is 0.0729 e. The zero-order valence-corrected chi connectivity index (χ0v) is 10.1. The predicted molar refractivity (Wildman–Crippen MR) is 62.2 cm³/mol. The molecule has 0 radical (unpaired) electrons. The summed E-state index contributed by atoms with van der Waals surface area (Å²) in [6, 6.07) is 1.23. The van der Waals surface area contributed by atoms with Crippen LogP contribution in [0.5, 0.6) is 0 Å². The Hall–Kier alpha value is 0.100. The molecular formula is C10H18BrN3. The fourth-order valence-corrected chi connectivity index (χ4v) is 3.12. The van der Waals surface area contributed by atoms with Crippen LogP contribution in [0.25, 0.3) is 0 Å². The SMILES string of the molecule is CCN1C(CN)NC2CC=C(Br)CC21. The zero-order chi connectivity index (χ0) is 10.1. The van der Waals surface area contributed by atoms with E-state index in [9.17, 15) is 0 Å². The Morgan fingerprint density at radius 1 is 1.71 bits per heavy atom. The highest BCUT2D eigenvalue weighted by Crippen LogP contribution is 2.31. The molecule has 14 heavy (non-hydrogen) atoms. The van der Waals surface area contributed by atoms with Gasteiger partial charge >= 0.3 is 0 Å². The molecule has 0 spiro atoms. The molecule has 2 rings (SSSR count). The third-order valence-electron chi connectivity index (χ3n) is 3.28. The van der Waals surface area contributed by atoms with Gasteiger partial charge in [0.05, 0.1) is 6.17 Å². The van der Waals surface area contributed by atoms with Crippen molar-refractivity contribution in [2.75, 3.05) is 13.1 Å². The lowest BCUT2D eigenvalue weighted by Gasteiger charge is -2.30. The number of halogens is 1. The Kier molecular flexibility index (Phi) is 3.27. The second-order valence-corrected chi connectivity index (χ2v) is 5.03. The van der Waals surface area contributed by atoms with Crippen molar-refractivity contribution in [3.63, 3.8) is 0 Å². The van der Waals surface area contributed by atoms with Crippen LogP contribution in [0.15, 0.2) is 10.6 Å². The van der Waals surface area contributed by atoms with Gasteiger partial charge in [0, 0.05) is 18.6 Å². The van der Waals surface area contributed by atoms with Crippen LogP contribution < -0.4 is 11.1 Å². The summed E-state index contributed by atoms with van der Waals surface area (Å²) < 4.78 is 1.34. The molecular weight excluding hydrogens is 242 g/mol. The molecule has 1 aliphatic heterocycles. The molecule has 3 unspecified atom stereocenters. The molecule has 2 aliphatic rings. The molecule has 0 saturated carbocycles. The average molecular weight is 260 g/mol. The number of rotatable bonds is 2. The van der Waals surface area contributed by atoms with Gasteiger partial charge in [-0.1, -0.05) is 28.9 Å². The number of likely N-dealkylation sites (N-methyl/N-ethyl adjacent to an activating group) is 1. The van der Waals surface area contributed by atoms with Crippen LogP contribution in [-0.4, -0.2) is 36.2 Å². The van der Waals surface area contributed by atoms with Crippen LogP contribution >= 0.6 is 15.9 Å². The first-order valence-corrected chi connectivity index (χ1v) is 6.12. The van der Waals surface area contributed by atoms with Crippen molar-refractivity contribution in [3.05, 3.63) is 10.6 Å². The van der Waals surface area contributed by atoms with Crippen molar-refractivity contribution in [2.45, 2.75) is 38.0 Å². The first kappa shape index (κ1) is 10.6. The summed E-state index contributed by atoms with van der Waals surface area (Å²) in [6.07, 6.45) is 4.91. The van der Waals surface area contributed by atoms with Crippen LogP contribution in [0.2, 0.25) is 0 Å². The summed E-state index contributed by atoms with van der Waals surface area (Å²) in [6.45, 7) is 3.99. The van der Waals surface area contributed by atoms with Crippen LogP contribution in [-0.2, 0) is 0 Å². The fraction of sp³-hybridized carbons (Fsp3) is 0.800. The van der Waals surface area contributed by atoms with Gasteiger partial charge in [-0.3, -0.25) is 10.2 Å². The lowest BCUT2D eigenvalue weighted by atomic mass is 9.97. The fourth-order valence-electron chi connectivity index (χ4n) is 2.60. The summed E-state index contributed by atoms with van der Waals surface area (Å²) in [4.78, 5) is 2.49. The van der Waals surface area contributed by atoms with Gasteiger partial charge in [0.15, 0.2) is 0 Å². The van der Waals surface area contributed by atoms with Crippen LogP contribution in [0.1, 0.15) is 19.8 Å². The molecule has 0 aromatic rings. The van der Waals surface area contributed by atoms with E-state index in [1.165, 1.54) is 4.48 Å². The molecule has 80 valence electrons. The summed E-state index contributed by atoms with van der Waals surface area (Å²) in [5.74, 6) is 0. The summed E-state index contributed by atoms with van der Waals surface area (Å²) >= 11 is 3.60. The van der Waals surface area contributed by atoms with E-state index in [2.05, 4.69) is 39.1 Å². The second kappa shape index (κ2) is 4.31. The first-order chi connectivity index (χ1) is 6.76. The molecule has 0 aromatic heterocycles. The van der Waals surface area contributed by atoms with Gasteiger partial charge in [-0.2, -0.15) is 0 Å². The van der Waals surface area contributed by atoms with Crippen LogP contribution in [0, 0.1) is 0 Å². The van der Waals surface area contributed by atoms with Gasteiger partial charge in [-0.15, -0.1) is 0 Å². The van der Waals surface area contributed by atoms with Gasteiger partial charge in [-0.25, -0.2) is 0 Å². The van der Waals surface area contributed by atoms with E-state index in [1.807, 2.05) is 0 Å². The Morgan fingerprint density at radius 3 is 3.14 bits per heavy atom. The Bertz CT molecular complexity index is 242. The van der Waals surface area contributed by atoms with Crippen LogP contribution in [0.4, 0.5) is 0 Å².